The third-order valence-corrected chi connectivity index (χ3v) is 12.7. The van der Waals surface area contributed by atoms with Crippen LogP contribution in [0.5, 0.6) is 0 Å². The van der Waals surface area contributed by atoms with Gasteiger partial charge in [0.2, 0.25) is 0 Å². The summed E-state index contributed by atoms with van der Waals surface area (Å²) in [5.41, 5.74) is 17.2. The van der Waals surface area contributed by atoms with E-state index in [2.05, 4.69) is 277 Å². The van der Waals surface area contributed by atoms with Gasteiger partial charge in [0.05, 0.1) is 0 Å². The number of hydrogen-bond acceptors (Lipinski definition) is 3. The van der Waals surface area contributed by atoms with Crippen molar-refractivity contribution >= 4 is 62.0 Å². The summed E-state index contributed by atoms with van der Waals surface area (Å²) in [6, 6.07) is 89.9. The molecule has 0 saturated heterocycles. The van der Waals surface area contributed by atoms with Crippen molar-refractivity contribution in [3.63, 3.8) is 0 Å². The first-order chi connectivity index (χ1) is 31.5. The third kappa shape index (κ3) is 6.98. The second-order valence-corrected chi connectivity index (χ2v) is 17.0. The van der Waals surface area contributed by atoms with Crippen LogP contribution in [-0.4, -0.2) is 0 Å². The molecule has 0 unspecified atom stereocenters. The van der Waals surface area contributed by atoms with E-state index in [0.717, 1.165) is 51.2 Å². The predicted molar refractivity (Wildman–Crippen MR) is 271 cm³/mol. The van der Waals surface area contributed by atoms with Gasteiger partial charge in [-0.15, -0.1) is 0 Å². The van der Waals surface area contributed by atoms with Crippen LogP contribution in [0, 0.1) is 0 Å². The van der Waals surface area contributed by atoms with Gasteiger partial charge in [0.25, 0.3) is 0 Å². The number of nitrogens with zero attached hydrogens (tertiary/aromatic N) is 3. The second kappa shape index (κ2) is 16.3. The Hall–Kier alpha value is -8.14. The fraction of sp³-hybridized carbons (Fsp3) is 0.0492. The fourth-order valence-electron chi connectivity index (χ4n) is 9.79. The molecule has 10 aromatic rings. The topological polar surface area (TPSA) is 9.72 Å². The number of hydrogen-bond donors (Lipinski definition) is 0. The van der Waals surface area contributed by atoms with Crippen LogP contribution < -0.4 is 14.7 Å². The van der Waals surface area contributed by atoms with Crippen LogP contribution in [0.25, 0.3) is 33.0 Å². The predicted octanol–water partition coefficient (Wildman–Crippen LogP) is 17.2. The Morgan fingerprint density at radius 3 is 1.20 bits per heavy atom. The summed E-state index contributed by atoms with van der Waals surface area (Å²) in [5.74, 6) is 0. The van der Waals surface area contributed by atoms with Crippen LogP contribution in [0.4, 0.5) is 51.2 Å². The van der Waals surface area contributed by atoms with Crippen molar-refractivity contribution in [3.05, 3.63) is 260 Å². The molecule has 64 heavy (non-hydrogen) atoms. The minimum atomic E-state index is -0.160. The molecule has 3 heteroatoms. The average Bonchev–Trinajstić information content (AvgIpc) is 3.59. The van der Waals surface area contributed by atoms with Crippen molar-refractivity contribution in [1.82, 2.24) is 0 Å². The molecule has 0 atom stereocenters. The van der Waals surface area contributed by atoms with Gasteiger partial charge >= 0.3 is 0 Å². The SMILES string of the molecule is CC1(C)c2ccc(N(c3cccc(N(c4ccccc4)c4ccccc4)c3)c3cccc(N(c4ccccc4)c4ccc(-c5ccccc5)cc4)c3)cc2-c2ccc3ccccc3c21. The summed E-state index contributed by atoms with van der Waals surface area (Å²) in [5, 5.41) is 2.59. The lowest BCUT2D eigenvalue weighted by atomic mass is 9.80. The highest BCUT2D eigenvalue weighted by atomic mass is 15.2. The lowest BCUT2D eigenvalue weighted by Gasteiger charge is -2.31. The molecule has 306 valence electrons. The van der Waals surface area contributed by atoms with Crippen LogP contribution in [0.15, 0.2) is 249 Å². The number of anilines is 9. The Labute approximate surface area is 376 Å². The molecule has 0 fully saturated rings. The quantitative estimate of drug-likeness (QED) is 0.136. The zero-order valence-corrected chi connectivity index (χ0v) is 36.0. The molecule has 1 aliphatic rings. The first kappa shape index (κ1) is 38.8. The van der Waals surface area contributed by atoms with Crippen molar-refractivity contribution in [1.29, 1.82) is 0 Å². The van der Waals surface area contributed by atoms with Gasteiger partial charge in [-0.1, -0.05) is 166 Å². The molecule has 0 saturated carbocycles. The Morgan fingerprint density at radius 1 is 0.281 bits per heavy atom. The number of para-hydroxylation sites is 3. The molecule has 0 amide bonds. The third-order valence-electron chi connectivity index (χ3n) is 12.7. The van der Waals surface area contributed by atoms with E-state index < -0.39 is 0 Å². The summed E-state index contributed by atoms with van der Waals surface area (Å²) in [7, 11) is 0. The highest BCUT2D eigenvalue weighted by Crippen LogP contribution is 2.53. The highest BCUT2D eigenvalue weighted by molar-refractivity contribution is 5.99. The Kier molecular flexibility index (Phi) is 9.86. The van der Waals surface area contributed by atoms with Crippen molar-refractivity contribution in [2.75, 3.05) is 14.7 Å². The molecule has 0 heterocycles. The van der Waals surface area contributed by atoms with Gasteiger partial charge in [0, 0.05) is 56.6 Å². The van der Waals surface area contributed by atoms with Gasteiger partial charge in [-0.2, -0.15) is 0 Å². The van der Waals surface area contributed by atoms with Crippen LogP contribution in [0.2, 0.25) is 0 Å². The molecule has 0 aliphatic heterocycles. The van der Waals surface area contributed by atoms with Crippen molar-refractivity contribution < 1.29 is 0 Å². The lowest BCUT2D eigenvalue weighted by molar-refractivity contribution is 0.666. The van der Waals surface area contributed by atoms with E-state index in [1.807, 2.05) is 0 Å². The minimum absolute atomic E-state index is 0.160. The molecule has 11 rings (SSSR count). The lowest BCUT2D eigenvalue weighted by Crippen LogP contribution is -2.16. The summed E-state index contributed by atoms with van der Waals surface area (Å²) < 4.78 is 0. The molecule has 0 bridgehead atoms. The largest absolute Gasteiger partial charge is 0.310 e. The normalized spacial score (nSPS) is 12.3. The first-order valence-electron chi connectivity index (χ1n) is 22.1. The highest BCUT2D eigenvalue weighted by Gasteiger charge is 2.37. The van der Waals surface area contributed by atoms with Crippen LogP contribution >= 0.6 is 0 Å². The maximum Gasteiger partial charge on any atom is 0.0482 e. The zero-order valence-electron chi connectivity index (χ0n) is 36.0. The van der Waals surface area contributed by atoms with E-state index >= 15 is 0 Å². The van der Waals surface area contributed by atoms with Crippen molar-refractivity contribution in [3.8, 4) is 22.3 Å². The minimum Gasteiger partial charge on any atom is -0.310 e. The van der Waals surface area contributed by atoms with Gasteiger partial charge < -0.3 is 14.7 Å². The van der Waals surface area contributed by atoms with E-state index in [4.69, 9.17) is 0 Å². The number of fused-ring (bicyclic) bond motifs is 5. The van der Waals surface area contributed by atoms with Gasteiger partial charge in [-0.05, 0) is 141 Å². The molecule has 0 spiro atoms. The molecular weight excluding hydrogens is 775 g/mol. The van der Waals surface area contributed by atoms with Crippen LogP contribution in [0.1, 0.15) is 25.0 Å². The maximum atomic E-state index is 2.43. The van der Waals surface area contributed by atoms with Crippen molar-refractivity contribution in [2.45, 2.75) is 19.3 Å². The summed E-state index contributed by atoms with van der Waals surface area (Å²) in [6.45, 7) is 4.75. The van der Waals surface area contributed by atoms with Gasteiger partial charge in [-0.3, -0.25) is 0 Å². The zero-order chi connectivity index (χ0) is 43.0. The van der Waals surface area contributed by atoms with Crippen LogP contribution in [-0.2, 0) is 5.41 Å². The Morgan fingerprint density at radius 2 is 0.672 bits per heavy atom. The number of rotatable bonds is 10. The molecule has 0 N–H and O–H groups in total. The van der Waals surface area contributed by atoms with Gasteiger partial charge in [0.15, 0.2) is 0 Å². The Balaban J connectivity index is 1.09. The second-order valence-electron chi connectivity index (χ2n) is 17.0. The van der Waals surface area contributed by atoms with E-state index in [1.54, 1.807) is 0 Å². The molecule has 0 radical (unpaired) electrons. The van der Waals surface area contributed by atoms with E-state index in [0.29, 0.717) is 0 Å². The summed E-state index contributed by atoms with van der Waals surface area (Å²) >= 11 is 0. The van der Waals surface area contributed by atoms with Crippen molar-refractivity contribution in [2.24, 2.45) is 0 Å². The summed E-state index contributed by atoms with van der Waals surface area (Å²) in [4.78, 5) is 7.11. The fourth-order valence-corrected chi connectivity index (χ4v) is 9.79. The maximum absolute atomic E-state index is 2.43. The van der Waals surface area contributed by atoms with E-state index in [9.17, 15) is 0 Å². The smallest absolute Gasteiger partial charge is 0.0482 e. The van der Waals surface area contributed by atoms with E-state index in [-0.39, 0.29) is 5.41 Å². The Bertz CT molecular complexity index is 3200. The average molecular weight is 822 g/mol. The van der Waals surface area contributed by atoms with Gasteiger partial charge in [-0.25, -0.2) is 0 Å². The molecular formula is C61H47N3. The summed E-state index contributed by atoms with van der Waals surface area (Å²) in [6.07, 6.45) is 0. The van der Waals surface area contributed by atoms with E-state index in [1.165, 1.54) is 44.2 Å². The molecule has 0 aromatic heterocycles. The molecule has 1 aliphatic carbocycles. The number of benzene rings is 10. The molecule has 10 aromatic carbocycles. The van der Waals surface area contributed by atoms with Gasteiger partial charge in [0.1, 0.15) is 0 Å². The standard InChI is InChI=1S/C61H47N3/c1-61(2)59-40-38-55(43-58(59)57-39-35-46-21-15-16-32-56(46)60(57)61)64(53-30-17-28-51(41-53)62(47-22-9-4-10-23-47)48-24-11-5-12-25-48)54-31-18-29-52(42-54)63(49-26-13-6-14-27-49)50-36-33-45(34-37-50)44-19-7-3-8-20-44/h3-43H,1-2H3. The first-order valence-corrected chi connectivity index (χ1v) is 22.1. The van der Waals surface area contributed by atoms with Crippen LogP contribution in [0.3, 0.4) is 0 Å². The monoisotopic (exact) mass is 821 g/mol. The molecule has 3 nitrogen and oxygen atoms in total.